The highest BCUT2D eigenvalue weighted by Gasteiger charge is 2.16. The third kappa shape index (κ3) is 3.92. The van der Waals surface area contributed by atoms with E-state index in [0.29, 0.717) is 6.04 Å². The van der Waals surface area contributed by atoms with Crippen molar-refractivity contribution in [2.75, 3.05) is 25.0 Å². The Morgan fingerprint density at radius 3 is 2.89 bits per heavy atom. The molecule has 5 heteroatoms. The smallest absolute Gasteiger partial charge is 0.354 e. The topological polar surface area (TPSA) is 65.5 Å². The molecule has 0 saturated carbocycles. The van der Waals surface area contributed by atoms with E-state index in [0.717, 1.165) is 12.2 Å². The first kappa shape index (κ1) is 13.8. The van der Waals surface area contributed by atoms with Gasteiger partial charge in [-0.15, -0.1) is 0 Å². The molecule has 1 fully saturated rings. The Morgan fingerprint density at radius 2 is 2.21 bits per heavy atom. The molecule has 104 valence electrons. The Kier molecular flexibility index (Phi) is 4.74. The normalized spacial score (nSPS) is 17.9. The molecule has 0 amide bonds. The van der Waals surface area contributed by atoms with E-state index >= 15 is 0 Å². The number of aromatic carboxylic acids is 1. The molecule has 5 nitrogen and oxygen atoms in total. The minimum absolute atomic E-state index is 0.0793. The van der Waals surface area contributed by atoms with Gasteiger partial charge in [0.05, 0.1) is 0 Å². The van der Waals surface area contributed by atoms with Crippen LogP contribution in [0.25, 0.3) is 0 Å². The summed E-state index contributed by atoms with van der Waals surface area (Å²) in [5.74, 6) is -0.993. The van der Waals surface area contributed by atoms with Gasteiger partial charge in [-0.3, -0.25) is 4.90 Å². The third-order valence-electron chi connectivity index (χ3n) is 3.59. The van der Waals surface area contributed by atoms with Crippen molar-refractivity contribution in [3.63, 3.8) is 0 Å². The van der Waals surface area contributed by atoms with E-state index in [4.69, 9.17) is 5.11 Å². The summed E-state index contributed by atoms with van der Waals surface area (Å²) in [6, 6.07) is 3.84. The Balaban J connectivity index is 1.87. The fourth-order valence-electron chi connectivity index (χ4n) is 2.41. The van der Waals surface area contributed by atoms with Gasteiger partial charge in [0, 0.05) is 24.5 Å². The molecule has 2 rings (SSSR count). The first-order valence-electron chi connectivity index (χ1n) is 6.84. The van der Waals surface area contributed by atoms with E-state index in [2.05, 4.69) is 22.1 Å². The summed E-state index contributed by atoms with van der Waals surface area (Å²) in [4.78, 5) is 17.1. The maximum Gasteiger partial charge on any atom is 0.354 e. The number of nitrogens with one attached hydrogen (secondary N) is 1. The Hall–Kier alpha value is -1.62. The van der Waals surface area contributed by atoms with Gasteiger partial charge in [-0.2, -0.15) is 0 Å². The van der Waals surface area contributed by atoms with Crippen molar-refractivity contribution >= 4 is 11.7 Å². The lowest BCUT2D eigenvalue weighted by Crippen LogP contribution is -2.41. The van der Waals surface area contributed by atoms with E-state index in [1.54, 1.807) is 12.1 Å². The van der Waals surface area contributed by atoms with Crippen LogP contribution in [0.2, 0.25) is 0 Å². The molecule has 2 N–H and O–H groups in total. The zero-order valence-corrected chi connectivity index (χ0v) is 11.3. The molecular formula is C14H21N3O2. The van der Waals surface area contributed by atoms with E-state index < -0.39 is 5.97 Å². The predicted molar refractivity (Wildman–Crippen MR) is 74.6 cm³/mol. The van der Waals surface area contributed by atoms with Crippen molar-refractivity contribution in [2.24, 2.45) is 0 Å². The quantitative estimate of drug-likeness (QED) is 0.851. The van der Waals surface area contributed by atoms with Crippen LogP contribution < -0.4 is 5.32 Å². The van der Waals surface area contributed by atoms with Crippen LogP contribution in [0.15, 0.2) is 18.3 Å². The number of carboxylic acids is 1. The lowest BCUT2D eigenvalue weighted by molar-refractivity contribution is 0.0690. The molecule has 1 aromatic heterocycles. The van der Waals surface area contributed by atoms with Crippen LogP contribution in [-0.4, -0.2) is 46.6 Å². The van der Waals surface area contributed by atoms with Crippen LogP contribution >= 0.6 is 0 Å². The van der Waals surface area contributed by atoms with Crippen molar-refractivity contribution in [2.45, 2.75) is 32.2 Å². The Bertz CT molecular complexity index is 430. The highest BCUT2D eigenvalue weighted by molar-refractivity contribution is 5.86. The van der Waals surface area contributed by atoms with Crippen molar-refractivity contribution in [3.05, 3.63) is 24.0 Å². The number of hydrogen-bond donors (Lipinski definition) is 2. The zero-order chi connectivity index (χ0) is 13.7. The van der Waals surface area contributed by atoms with Gasteiger partial charge in [-0.1, -0.05) is 6.42 Å². The lowest BCUT2D eigenvalue weighted by atomic mass is 10.1. The summed E-state index contributed by atoms with van der Waals surface area (Å²) in [5, 5.41) is 12.2. The molecule has 0 radical (unpaired) electrons. The molecule has 1 aliphatic rings. The first-order valence-corrected chi connectivity index (χ1v) is 6.84. The van der Waals surface area contributed by atoms with E-state index in [1.807, 2.05) is 0 Å². The molecule has 0 bridgehead atoms. The van der Waals surface area contributed by atoms with Crippen molar-refractivity contribution in [1.29, 1.82) is 0 Å². The standard InChI is InChI=1S/C14H21N3O2/c1-11(17-7-3-2-4-8-17)10-16-12-5-6-15-13(9-12)14(18)19/h5-6,9,11H,2-4,7-8,10H2,1H3,(H,15,16)(H,18,19). The van der Waals surface area contributed by atoms with E-state index in [1.165, 1.54) is 38.5 Å². The van der Waals surface area contributed by atoms with Crippen LogP contribution in [0, 0.1) is 0 Å². The number of nitrogens with zero attached hydrogens (tertiary/aromatic N) is 2. The highest BCUT2D eigenvalue weighted by Crippen LogP contribution is 2.13. The monoisotopic (exact) mass is 263 g/mol. The van der Waals surface area contributed by atoms with Gasteiger partial charge in [0.25, 0.3) is 0 Å². The molecule has 0 spiro atoms. The second kappa shape index (κ2) is 6.52. The highest BCUT2D eigenvalue weighted by atomic mass is 16.4. The zero-order valence-electron chi connectivity index (χ0n) is 11.3. The number of anilines is 1. The van der Waals surface area contributed by atoms with Crippen LogP contribution in [0.1, 0.15) is 36.7 Å². The number of rotatable bonds is 5. The fraction of sp³-hybridized carbons (Fsp3) is 0.571. The van der Waals surface area contributed by atoms with E-state index in [9.17, 15) is 4.79 Å². The Labute approximate surface area is 113 Å². The Morgan fingerprint density at radius 1 is 1.47 bits per heavy atom. The van der Waals surface area contributed by atoms with Crippen molar-refractivity contribution in [3.8, 4) is 0 Å². The average Bonchev–Trinajstić information content (AvgIpc) is 2.46. The third-order valence-corrected chi connectivity index (χ3v) is 3.59. The van der Waals surface area contributed by atoms with Gasteiger partial charge in [0.1, 0.15) is 5.69 Å². The van der Waals surface area contributed by atoms with Gasteiger partial charge in [0.15, 0.2) is 0 Å². The maximum absolute atomic E-state index is 10.8. The van der Waals surface area contributed by atoms with E-state index in [-0.39, 0.29) is 5.69 Å². The molecule has 1 aliphatic heterocycles. The minimum atomic E-state index is -0.993. The lowest BCUT2D eigenvalue weighted by Gasteiger charge is -2.32. The van der Waals surface area contributed by atoms with Gasteiger partial charge >= 0.3 is 5.97 Å². The van der Waals surface area contributed by atoms with Crippen LogP contribution in [0.4, 0.5) is 5.69 Å². The molecule has 1 aromatic rings. The first-order chi connectivity index (χ1) is 9.16. The summed E-state index contributed by atoms with van der Waals surface area (Å²) in [5.41, 5.74) is 0.895. The summed E-state index contributed by atoms with van der Waals surface area (Å²) in [7, 11) is 0. The number of likely N-dealkylation sites (tertiary alicyclic amines) is 1. The molecule has 19 heavy (non-hydrogen) atoms. The molecule has 1 saturated heterocycles. The average molecular weight is 263 g/mol. The van der Waals surface area contributed by atoms with Gasteiger partial charge in [0.2, 0.25) is 0 Å². The van der Waals surface area contributed by atoms with Gasteiger partial charge < -0.3 is 10.4 Å². The molecule has 2 heterocycles. The number of pyridine rings is 1. The summed E-state index contributed by atoms with van der Waals surface area (Å²) in [6.07, 6.45) is 5.42. The maximum atomic E-state index is 10.8. The molecule has 1 unspecified atom stereocenters. The van der Waals surface area contributed by atoms with Gasteiger partial charge in [-0.25, -0.2) is 9.78 Å². The fourth-order valence-corrected chi connectivity index (χ4v) is 2.41. The predicted octanol–water partition coefficient (Wildman–Crippen LogP) is 2.07. The summed E-state index contributed by atoms with van der Waals surface area (Å²) >= 11 is 0. The van der Waals surface area contributed by atoms with Crippen LogP contribution in [-0.2, 0) is 0 Å². The summed E-state index contributed by atoms with van der Waals surface area (Å²) in [6.45, 7) is 5.36. The van der Waals surface area contributed by atoms with Crippen LogP contribution in [0.3, 0.4) is 0 Å². The minimum Gasteiger partial charge on any atom is -0.477 e. The second-order valence-electron chi connectivity index (χ2n) is 5.06. The molecule has 0 aliphatic carbocycles. The summed E-state index contributed by atoms with van der Waals surface area (Å²) < 4.78 is 0. The number of piperidine rings is 1. The molecular weight excluding hydrogens is 242 g/mol. The number of carboxylic acid groups (broad SMARTS) is 1. The van der Waals surface area contributed by atoms with Gasteiger partial charge in [-0.05, 0) is 45.0 Å². The number of hydrogen-bond acceptors (Lipinski definition) is 4. The SMILES string of the molecule is CC(CNc1ccnc(C(=O)O)c1)N1CCCCC1. The van der Waals surface area contributed by atoms with Crippen molar-refractivity contribution in [1.82, 2.24) is 9.88 Å². The second-order valence-corrected chi connectivity index (χ2v) is 5.06. The van der Waals surface area contributed by atoms with Crippen molar-refractivity contribution < 1.29 is 9.90 Å². The number of aromatic nitrogens is 1. The molecule has 0 aromatic carbocycles. The molecule has 1 atom stereocenters. The van der Waals surface area contributed by atoms with Crippen LogP contribution in [0.5, 0.6) is 0 Å². The largest absolute Gasteiger partial charge is 0.477 e. The number of carbonyl (C=O) groups is 1.